The van der Waals surface area contributed by atoms with Crippen LogP contribution in [0.1, 0.15) is 26.7 Å². The highest BCUT2D eigenvalue weighted by Crippen LogP contribution is 2.02. The number of allylic oxidation sites excluding steroid dienone is 1. The molecule has 0 saturated heterocycles. The summed E-state index contributed by atoms with van der Waals surface area (Å²) in [6, 6.07) is 0. The largest absolute Gasteiger partial charge is 0.466 e. The summed E-state index contributed by atoms with van der Waals surface area (Å²) in [6.45, 7) is 3.75. The van der Waals surface area contributed by atoms with E-state index in [-0.39, 0.29) is 11.1 Å². The zero-order chi connectivity index (χ0) is 10.8. The minimum absolute atomic E-state index is 0.0833. The summed E-state index contributed by atoms with van der Waals surface area (Å²) in [7, 11) is 0. The first kappa shape index (κ1) is 13.2. The van der Waals surface area contributed by atoms with E-state index in [1.54, 1.807) is 6.08 Å². The van der Waals surface area contributed by atoms with Crippen LogP contribution in [-0.4, -0.2) is 23.4 Å². The quantitative estimate of drug-likeness (QED) is 0.388. The lowest BCUT2D eigenvalue weighted by Gasteiger charge is -1.97. The summed E-state index contributed by atoms with van der Waals surface area (Å²) >= 11 is 1.29. The Hall–Kier alpha value is -0.770. The normalized spacial score (nSPS) is 10.4. The number of hydrogen-bond donors (Lipinski definition) is 0. The smallest absolute Gasteiger partial charge is 0.302 e. The van der Waals surface area contributed by atoms with Crippen molar-refractivity contribution in [3.8, 4) is 0 Å². The van der Waals surface area contributed by atoms with Gasteiger partial charge in [0.25, 0.3) is 0 Å². The van der Waals surface area contributed by atoms with Crippen LogP contribution in [0, 0.1) is 0 Å². The van der Waals surface area contributed by atoms with Gasteiger partial charge in [0.1, 0.15) is 0 Å². The van der Waals surface area contributed by atoms with E-state index in [1.165, 1.54) is 18.7 Å². The molecule has 0 aliphatic carbocycles. The van der Waals surface area contributed by atoms with Gasteiger partial charge in [0, 0.05) is 6.92 Å². The molecule has 0 spiro atoms. The second kappa shape index (κ2) is 8.81. The molecule has 0 bridgehead atoms. The van der Waals surface area contributed by atoms with Crippen LogP contribution in [0.15, 0.2) is 12.2 Å². The zero-order valence-corrected chi connectivity index (χ0v) is 9.43. The molecule has 0 N–H and O–H groups in total. The maximum atomic E-state index is 11.0. The summed E-state index contributed by atoms with van der Waals surface area (Å²) in [6.07, 6.45) is 4.92. The van der Waals surface area contributed by atoms with Crippen molar-refractivity contribution in [3.05, 3.63) is 12.2 Å². The highest BCUT2D eigenvalue weighted by atomic mass is 32.2. The van der Waals surface area contributed by atoms with Gasteiger partial charge < -0.3 is 4.74 Å². The van der Waals surface area contributed by atoms with Crippen LogP contribution in [-0.2, 0) is 14.3 Å². The molecule has 0 fully saturated rings. The van der Waals surface area contributed by atoms with Crippen LogP contribution in [0.3, 0.4) is 0 Å². The molecular weight excluding hydrogens is 200 g/mol. The molecule has 4 heteroatoms. The van der Waals surface area contributed by atoms with Crippen molar-refractivity contribution in [2.75, 3.05) is 12.4 Å². The first-order valence-electron chi connectivity index (χ1n) is 4.63. The van der Waals surface area contributed by atoms with Gasteiger partial charge in [0.15, 0.2) is 0 Å². The number of ether oxygens (including phenoxy) is 1. The van der Waals surface area contributed by atoms with E-state index >= 15 is 0 Å². The predicted molar refractivity (Wildman–Crippen MR) is 58.1 cm³/mol. The fourth-order valence-corrected chi connectivity index (χ4v) is 1.26. The maximum Gasteiger partial charge on any atom is 0.302 e. The van der Waals surface area contributed by atoms with E-state index < -0.39 is 0 Å². The Morgan fingerprint density at radius 3 is 2.71 bits per heavy atom. The summed E-state index contributed by atoms with van der Waals surface area (Å²) in [4.78, 5) is 21.3. The third kappa shape index (κ3) is 9.32. The molecule has 0 aromatic rings. The second-order valence-electron chi connectivity index (χ2n) is 2.64. The van der Waals surface area contributed by atoms with E-state index in [1.807, 2.05) is 13.0 Å². The average Bonchev–Trinajstić information content (AvgIpc) is 2.11. The number of rotatable bonds is 6. The highest BCUT2D eigenvalue weighted by Gasteiger charge is 1.93. The molecular formula is C10H16O3S. The summed E-state index contributed by atoms with van der Waals surface area (Å²) in [5.74, 6) is 0.544. The third-order valence-electron chi connectivity index (χ3n) is 1.36. The lowest BCUT2D eigenvalue weighted by molar-refractivity contribution is -0.141. The van der Waals surface area contributed by atoms with Crippen molar-refractivity contribution in [1.29, 1.82) is 0 Å². The van der Waals surface area contributed by atoms with Crippen molar-refractivity contribution in [1.82, 2.24) is 0 Å². The van der Waals surface area contributed by atoms with Crippen molar-refractivity contribution >= 4 is 22.8 Å². The summed E-state index contributed by atoms with van der Waals surface area (Å²) in [5.41, 5.74) is 0. The summed E-state index contributed by atoms with van der Waals surface area (Å²) < 4.78 is 4.73. The molecule has 0 heterocycles. The maximum absolute atomic E-state index is 11.0. The first-order chi connectivity index (χ1) is 6.66. The van der Waals surface area contributed by atoms with Gasteiger partial charge in [-0.2, -0.15) is 0 Å². The molecule has 0 aromatic heterocycles. The Balaban J connectivity index is 3.35. The van der Waals surface area contributed by atoms with E-state index in [0.717, 1.165) is 18.6 Å². The Morgan fingerprint density at radius 2 is 2.14 bits per heavy atom. The Labute approximate surface area is 88.9 Å². The molecule has 0 aliphatic heterocycles. The molecule has 0 aliphatic rings. The third-order valence-corrected chi connectivity index (χ3v) is 2.07. The first-order valence-corrected chi connectivity index (χ1v) is 5.62. The van der Waals surface area contributed by atoms with Gasteiger partial charge in [-0.1, -0.05) is 24.8 Å². The lowest BCUT2D eigenvalue weighted by Crippen LogP contribution is -1.99. The Kier molecular flexibility index (Phi) is 8.33. The van der Waals surface area contributed by atoms with Gasteiger partial charge in [-0.3, -0.25) is 9.59 Å². The molecule has 0 radical (unpaired) electrons. The molecule has 80 valence electrons. The fraction of sp³-hybridized carbons (Fsp3) is 0.600. The van der Waals surface area contributed by atoms with Crippen molar-refractivity contribution < 1.29 is 14.3 Å². The average molecular weight is 216 g/mol. The zero-order valence-electron chi connectivity index (χ0n) is 8.62. The monoisotopic (exact) mass is 216 g/mol. The number of thioether (sulfide) groups is 1. The summed E-state index contributed by atoms with van der Waals surface area (Å²) in [5, 5.41) is 0.0833. The Bertz CT molecular complexity index is 211. The van der Waals surface area contributed by atoms with Crippen LogP contribution in [0.25, 0.3) is 0 Å². The van der Waals surface area contributed by atoms with Gasteiger partial charge in [-0.05, 0) is 24.7 Å². The number of carbonyl (C=O) groups is 2. The van der Waals surface area contributed by atoms with Gasteiger partial charge in [0.05, 0.1) is 6.61 Å². The number of carbonyl (C=O) groups excluding carboxylic acids is 2. The van der Waals surface area contributed by atoms with Gasteiger partial charge in [0.2, 0.25) is 5.12 Å². The van der Waals surface area contributed by atoms with Crippen LogP contribution in [0.4, 0.5) is 0 Å². The van der Waals surface area contributed by atoms with Crippen LogP contribution >= 0.6 is 11.8 Å². The molecule has 0 aromatic carbocycles. The molecule has 14 heavy (non-hydrogen) atoms. The molecule has 0 unspecified atom stereocenters. The highest BCUT2D eigenvalue weighted by molar-refractivity contribution is 8.14. The predicted octanol–water partition coefficient (Wildman–Crippen LogP) is 2.17. The van der Waals surface area contributed by atoms with E-state index in [9.17, 15) is 9.59 Å². The molecule has 0 amide bonds. The molecule has 0 saturated carbocycles. The van der Waals surface area contributed by atoms with Crippen molar-refractivity contribution in [2.45, 2.75) is 26.7 Å². The van der Waals surface area contributed by atoms with E-state index in [0.29, 0.717) is 6.61 Å². The number of unbranched alkanes of at least 4 members (excludes halogenated alkanes) is 1. The SMILES string of the molecule is CCSC(=O)/C=C/CCCOC(C)=O. The van der Waals surface area contributed by atoms with Gasteiger partial charge >= 0.3 is 5.97 Å². The van der Waals surface area contributed by atoms with Crippen LogP contribution in [0.2, 0.25) is 0 Å². The topological polar surface area (TPSA) is 43.4 Å². The standard InChI is InChI=1S/C10H16O3S/c1-3-14-10(12)7-5-4-6-8-13-9(2)11/h5,7H,3-4,6,8H2,1-2H3/b7-5+. The van der Waals surface area contributed by atoms with Gasteiger partial charge in [-0.15, -0.1) is 0 Å². The lowest BCUT2D eigenvalue weighted by atomic mass is 10.3. The van der Waals surface area contributed by atoms with Crippen molar-refractivity contribution in [3.63, 3.8) is 0 Å². The second-order valence-corrected chi connectivity index (χ2v) is 3.91. The van der Waals surface area contributed by atoms with Gasteiger partial charge in [-0.25, -0.2) is 0 Å². The van der Waals surface area contributed by atoms with Crippen molar-refractivity contribution in [2.24, 2.45) is 0 Å². The number of hydrogen-bond acceptors (Lipinski definition) is 4. The Morgan fingerprint density at radius 1 is 1.43 bits per heavy atom. The minimum atomic E-state index is -0.258. The number of esters is 1. The van der Waals surface area contributed by atoms with E-state index in [4.69, 9.17) is 4.74 Å². The van der Waals surface area contributed by atoms with Crippen LogP contribution in [0.5, 0.6) is 0 Å². The molecule has 0 atom stereocenters. The molecule has 0 rings (SSSR count). The van der Waals surface area contributed by atoms with E-state index in [2.05, 4.69) is 0 Å². The minimum Gasteiger partial charge on any atom is -0.466 e. The molecule has 3 nitrogen and oxygen atoms in total. The fourth-order valence-electron chi connectivity index (χ4n) is 0.787. The van der Waals surface area contributed by atoms with Crippen LogP contribution < -0.4 is 0 Å².